The van der Waals surface area contributed by atoms with Crippen molar-refractivity contribution in [1.82, 2.24) is 30.2 Å². The number of nitrogens with one attached hydrogen (secondary N) is 1. The molecule has 0 bridgehead atoms. The molecule has 0 saturated carbocycles. The lowest BCUT2D eigenvalue weighted by Gasteiger charge is -2.05. The number of tetrazole rings is 1. The number of aromatic amines is 1. The molecule has 10 heteroatoms. The molecule has 1 N–H and O–H groups in total. The minimum absolute atomic E-state index is 0.180. The van der Waals surface area contributed by atoms with Gasteiger partial charge in [-0.1, -0.05) is 22.9 Å². The Bertz CT molecular complexity index is 1150. The molecule has 1 aromatic carbocycles. The summed E-state index contributed by atoms with van der Waals surface area (Å²) in [5.41, 5.74) is 0.478. The highest BCUT2D eigenvalue weighted by Crippen LogP contribution is 2.16. The maximum Gasteiger partial charge on any atom is 0.263 e. The molecule has 3 heterocycles. The SMILES string of the molecule is O=c1c2cccnc2sc(=Nc2ccc(Cl)cc2)n1Cc1nnn[nH]1. The van der Waals surface area contributed by atoms with E-state index in [0.29, 0.717) is 31.6 Å². The monoisotopic (exact) mass is 371 g/mol. The van der Waals surface area contributed by atoms with Crippen molar-refractivity contribution in [3.63, 3.8) is 0 Å². The Morgan fingerprint density at radius 1 is 1.24 bits per heavy atom. The Balaban J connectivity index is 1.97. The molecule has 0 spiro atoms. The van der Waals surface area contributed by atoms with Crippen LogP contribution in [0.2, 0.25) is 5.02 Å². The van der Waals surface area contributed by atoms with E-state index in [4.69, 9.17) is 11.6 Å². The molecule has 0 aliphatic rings. The van der Waals surface area contributed by atoms with Gasteiger partial charge in [0.1, 0.15) is 4.83 Å². The number of H-pyrrole nitrogens is 1. The lowest BCUT2D eigenvalue weighted by Crippen LogP contribution is -2.32. The first-order valence-electron chi connectivity index (χ1n) is 7.22. The number of aromatic nitrogens is 6. The van der Waals surface area contributed by atoms with E-state index in [2.05, 4.69) is 30.6 Å². The van der Waals surface area contributed by atoms with Crippen LogP contribution in [0.15, 0.2) is 52.4 Å². The van der Waals surface area contributed by atoms with Gasteiger partial charge in [-0.05, 0) is 46.8 Å². The van der Waals surface area contributed by atoms with Crippen molar-refractivity contribution in [2.75, 3.05) is 0 Å². The zero-order chi connectivity index (χ0) is 17.2. The van der Waals surface area contributed by atoms with Gasteiger partial charge in [0.15, 0.2) is 10.6 Å². The predicted molar refractivity (Wildman–Crippen MR) is 93.8 cm³/mol. The van der Waals surface area contributed by atoms with Crippen molar-refractivity contribution in [2.24, 2.45) is 4.99 Å². The van der Waals surface area contributed by atoms with Crippen LogP contribution in [-0.4, -0.2) is 30.2 Å². The second kappa shape index (κ2) is 6.54. The molecule has 4 rings (SSSR count). The van der Waals surface area contributed by atoms with Crippen molar-refractivity contribution in [3.05, 3.63) is 68.6 Å². The fourth-order valence-corrected chi connectivity index (χ4v) is 3.34. The van der Waals surface area contributed by atoms with Crippen LogP contribution in [-0.2, 0) is 6.54 Å². The van der Waals surface area contributed by atoms with Gasteiger partial charge in [-0.3, -0.25) is 9.36 Å². The van der Waals surface area contributed by atoms with E-state index in [-0.39, 0.29) is 12.1 Å². The Kier molecular flexibility index (Phi) is 4.08. The minimum atomic E-state index is -0.203. The van der Waals surface area contributed by atoms with Crippen LogP contribution in [0.25, 0.3) is 10.2 Å². The third kappa shape index (κ3) is 3.19. The van der Waals surface area contributed by atoms with E-state index in [9.17, 15) is 4.79 Å². The highest BCUT2D eigenvalue weighted by Gasteiger charge is 2.10. The highest BCUT2D eigenvalue weighted by atomic mass is 35.5. The lowest BCUT2D eigenvalue weighted by molar-refractivity contribution is 0.700. The van der Waals surface area contributed by atoms with Crippen LogP contribution >= 0.6 is 22.9 Å². The molecule has 4 aromatic rings. The minimum Gasteiger partial charge on any atom is -0.276 e. The number of hydrogen-bond donors (Lipinski definition) is 1. The Morgan fingerprint density at radius 3 is 2.84 bits per heavy atom. The largest absolute Gasteiger partial charge is 0.276 e. The molecule has 0 radical (unpaired) electrons. The summed E-state index contributed by atoms with van der Waals surface area (Å²) in [6, 6.07) is 10.5. The van der Waals surface area contributed by atoms with E-state index in [1.807, 2.05) is 0 Å². The molecule has 0 saturated heterocycles. The summed E-state index contributed by atoms with van der Waals surface area (Å²) in [4.78, 5) is 22.8. The Hall–Kier alpha value is -2.91. The summed E-state index contributed by atoms with van der Waals surface area (Å²) in [7, 11) is 0. The maximum atomic E-state index is 12.9. The van der Waals surface area contributed by atoms with Crippen LogP contribution in [0.5, 0.6) is 0 Å². The Labute approximate surface area is 149 Å². The van der Waals surface area contributed by atoms with Gasteiger partial charge in [0, 0.05) is 11.2 Å². The predicted octanol–water partition coefficient (Wildman–Crippen LogP) is 1.91. The zero-order valence-corrected chi connectivity index (χ0v) is 14.2. The third-order valence-corrected chi connectivity index (χ3v) is 4.68. The average molecular weight is 372 g/mol. The fraction of sp³-hybridized carbons (Fsp3) is 0.0667. The molecule has 25 heavy (non-hydrogen) atoms. The summed E-state index contributed by atoms with van der Waals surface area (Å²) < 4.78 is 1.52. The van der Waals surface area contributed by atoms with Gasteiger partial charge < -0.3 is 0 Å². The first kappa shape index (κ1) is 15.6. The molecular weight excluding hydrogens is 362 g/mol. The summed E-state index contributed by atoms with van der Waals surface area (Å²) in [6.07, 6.45) is 1.65. The summed E-state index contributed by atoms with van der Waals surface area (Å²) in [5.74, 6) is 0.463. The number of rotatable bonds is 3. The van der Waals surface area contributed by atoms with Gasteiger partial charge in [0.2, 0.25) is 0 Å². The van der Waals surface area contributed by atoms with E-state index in [1.165, 1.54) is 15.9 Å². The molecule has 3 aromatic heterocycles. The second-order valence-electron chi connectivity index (χ2n) is 5.07. The van der Waals surface area contributed by atoms with Crippen LogP contribution in [0.1, 0.15) is 5.82 Å². The van der Waals surface area contributed by atoms with Crippen LogP contribution < -0.4 is 10.4 Å². The van der Waals surface area contributed by atoms with Crippen molar-refractivity contribution < 1.29 is 0 Å². The number of fused-ring (bicyclic) bond motifs is 1. The van der Waals surface area contributed by atoms with Gasteiger partial charge in [-0.15, -0.1) is 5.10 Å². The lowest BCUT2D eigenvalue weighted by atomic mass is 10.3. The van der Waals surface area contributed by atoms with E-state index in [1.54, 1.807) is 42.6 Å². The van der Waals surface area contributed by atoms with Gasteiger partial charge in [-0.2, -0.15) is 0 Å². The van der Waals surface area contributed by atoms with Gasteiger partial charge in [-0.25, -0.2) is 15.1 Å². The standard InChI is InChI=1S/C15H10ClN7OS/c16-9-3-5-10(6-4-9)18-15-23(8-12-19-21-22-20-12)14(24)11-2-1-7-17-13(11)25-15/h1-7H,8H2,(H,19,20,21,22). The maximum absolute atomic E-state index is 12.9. The second-order valence-corrected chi connectivity index (χ2v) is 6.46. The number of halogens is 1. The topological polar surface area (TPSA) is 102 Å². The fourth-order valence-electron chi connectivity index (χ4n) is 2.25. The van der Waals surface area contributed by atoms with Crippen LogP contribution in [0, 0.1) is 0 Å². The molecule has 0 aliphatic carbocycles. The molecule has 0 fully saturated rings. The van der Waals surface area contributed by atoms with Crippen molar-refractivity contribution in [3.8, 4) is 0 Å². The molecular formula is C15H10ClN7OS. The van der Waals surface area contributed by atoms with E-state index >= 15 is 0 Å². The first-order valence-corrected chi connectivity index (χ1v) is 8.42. The zero-order valence-electron chi connectivity index (χ0n) is 12.6. The Morgan fingerprint density at radius 2 is 2.08 bits per heavy atom. The van der Waals surface area contributed by atoms with Gasteiger partial charge >= 0.3 is 0 Å². The molecule has 8 nitrogen and oxygen atoms in total. The molecule has 0 aliphatic heterocycles. The molecule has 0 atom stereocenters. The molecule has 0 amide bonds. The first-order chi connectivity index (χ1) is 12.2. The number of benzene rings is 1. The normalized spacial score (nSPS) is 12.0. The van der Waals surface area contributed by atoms with Crippen LogP contribution in [0.3, 0.4) is 0 Å². The van der Waals surface area contributed by atoms with E-state index in [0.717, 1.165) is 0 Å². The van der Waals surface area contributed by atoms with Crippen molar-refractivity contribution in [1.29, 1.82) is 0 Å². The van der Waals surface area contributed by atoms with E-state index < -0.39 is 0 Å². The summed E-state index contributed by atoms with van der Waals surface area (Å²) >= 11 is 7.23. The summed E-state index contributed by atoms with van der Waals surface area (Å²) in [5, 5.41) is 14.7. The smallest absolute Gasteiger partial charge is 0.263 e. The number of nitrogens with zero attached hydrogens (tertiary/aromatic N) is 6. The molecule has 0 unspecified atom stereocenters. The van der Waals surface area contributed by atoms with Gasteiger partial charge in [0.05, 0.1) is 17.6 Å². The number of hydrogen-bond acceptors (Lipinski definition) is 7. The quantitative estimate of drug-likeness (QED) is 0.592. The van der Waals surface area contributed by atoms with Crippen LogP contribution in [0.4, 0.5) is 5.69 Å². The molecule has 124 valence electrons. The summed E-state index contributed by atoms with van der Waals surface area (Å²) in [6.45, 7) is 0.180. The number of pyridine rings is 1. The van der Waals surface area contributed by atoms with Crippen molar-refractivity contribution in [2.45, 2.75) is 6.54 Å². The third-order valence-electron chi connectivity index (χ3n) is 3.41. The average Bonchev–Trinajstić information content (AvgIpc) is 3.13. The van der Waals surface area contributed by atoms with Gasteiger partial charge in [0.25, 0.3) is 5.56 Å². The highest BCUT2D eigenvalue weighted by molar-refractivity contribution is 7.15. The van der Waals surface area contributed by atoms with Crippen molar-refractivity contribution >= 4 is 38.8 Å².